The highest BCUT2D eigenvalue weighted by Gasteiger charge is 2.15. The van der Waals surface area contributed by atoms with Crippen LogP contribution in [0.3, 0.4) is 0 Å². The summed E-state index contributed by atoms with van der Waals surface area (Å²) >= 11 is 3.16. The molecule has 1 aromatic carbocycles. The Balaban J connectivity index is 2.18. The van der Waals surface area contributed by atoms with Gasteiger partial charge < -0.3 is 5.32 Å². The van der Waals surface area contributed by atoms with Crippen LogP contribution in [0.1, 0.15) is 30.9 Å². The lowest BCUT2D eigenvalue weighted by Gasteiger charge is -2.23. The number of piperidine rings is 1. The van der Waals surface area contributed by atoms with Crippen molar-refractivity contribution in [1.29, 1.82) is 0 Å². The van der Waals surface area contributed by atoms with E-state index in [2.05, 4.69) is 21.2 Å². The maximum atomic E-state index is 13.3. The molecule has 0 aliphatic carbocycles. The Hall–Kier alpha value is -0.410. The van der Waals surface area contributed by atoms with E-state index in [4.69, 9.17) is 0 Å². The van der Waals surface area contributed by atoms with E-state index in [0.29, 0.717) is 10.5 Å². The van der Waals surface area contributed by atoms with Gasteiger partial charge in [-0.25, -0.2) is 4.39 Å². The van der Waals surface area contributed by atoms with Crippen molar-refractivity contribution < 1.29 is 4.39 Å². The van der Waals surface area contributed by atoms with Crippen LogP contribution >= 0.6 is 15.9 Å². The summed E-state index contributed by atoms with van der Waals surface area (Å²) < 4.78 is 13.8. The monoisotopic (exact) mass is 257 g/mol. The molecule has 14 heavy (non-hydrogen) atoms. The molecule has 0 bridgehead atoms. The van der Waals surface area contributed by atoms with Gasteiger partial charge in [0.1, 0.15) is 5.82 Å². The number of benzene rings is 1. The average molecular weight is 258 g/mol. The van der Waals surface area contributed by atoms with Crippen molar-refractivity contribution >= 4 is 15.9 Å². The van der Waals surface area contributed by atoms with Crippen molar-refractivity contribution in [3.63, 3.8) is 0 Å². The second-order valence-corrected chi connectivity index (χ2v) is 4.53. The minimum atomic E-state index is -0.171. The Labute approximate surface area is 91.8 Å². The molecule has 0 saturated carbocycles. The smallest absolute Gasteiger partial charge is 0.137 e. The van der Waals surface area contributed by atoms with E-state index < -0.39 is 0 Å². The number of halogens is 2. The Morgan fingerprint density at radius 1 is 1.36 bits per heavy atom. The van der Waals surface area contributed by atoms with Gasteiger partial charge in [-0.3, -0.25) is 0 Å². The first-order valence-corrected chi connectivity index (χ1v) is 5.75. The largest absolute Gasteiger partial charge is 0.310 e. The van der Waals surface area contributed by atoms with Gasteiger partial charge in [0.2, 0.25) is 0 Å². The number of hydrogen-bond acceptors (Lipinski definition) is 1. The molecule has 1 nitrogen and oxygen atoms in total. The van der Waals surface area contributed by atoms with Gasteiger partial charge in [-0.05, 0) is 53.0 Å². The quantitative estimate of drug-likeness (QED) is 0.814. The summed E-state index contributed by atoms with van der Waals surface area (Å²) in [6.07, 6.45) is 3.58. The van der Waals surface area contributed by atoms with Crippen LogP contribution in [-0.4, -0.2) is 6.54 Å². The van der Waals surface area contributed by atoms with E-state index in [-0.39, 0.29) is 5.82 Å². The Kier molecular flexibility index (Phi) is 3.19. The summed E-state index contributed by atoms with van der Waals surface area (Å²) in [5.41, 5.74) is 1.06. The van der Waals surface area contributed by atoms with Gasteiger partial charge in [0.05, 0.1) is 4.47 Å². The molecule has 1 fully saturated rings. The van der Waals surface area contributed by atoms with Gasteiger partial charge in [-0.1, -0.05) is 12.5 Å². The van der Waals surface area contributed by atoms with Crippen LogP contribution in [0.15, 0.2) is 22.7 Å². The minimum absolute atomic E-state index is 0.171. The fraction of sp³-hybridized carbons (Fsp3) is 0.455. The molecule has 3 heteroatoms. The average Bonchev–Trinajstić information content (AvgIpc) is 2.23. The van der Waals surface area contributed by atoms with E-state index >= 15 is 0 Å². The molecule has 0 spiro atoms. The zero-order chi connectivity index (χ0) is 9.97. The molecule has 1 N–H and O–H groups in total. The summed E-state index contributed by atoms with van der Waals surface area (Å²) in [4.78, 5) is 0. The van der Waals surface area contributed by atoms with Crippen molar-refractivity contribution in [3.05, 3.63) is 34.1 Å². The predicted molar refractivity (Wildman–Crippen MR) is 58.7 cm³/mol. The standard InChI is InChI=1S/C11H13BrFN/c12-9-5-4-8(7-10(9)13)11-3-1-2-6-14-11/h4-5,7,11,14H,1-3,6H2/t11-/m0/s1. The lowest BCUT2D eigenvalue weighted by atomic mass is 9.98. The molecule has 76 valence electrons. The Morgan fingerprint density at radius 2 is 2.21 bits per heavy atom. The first-order valence-electron chi connectivity index (χ1n) is 4.96. The van der Waals surface area contributed by atoms with Crippen LogP contribution in [0.4, 0.5) is 4.39 Å². The first kappa shape index (κ1) is 10.1. The SMILES string of the molecule is Fc1cc([C@@H]2CCCCN2)ccc1Br. The zero-order valence-electron chi connectivity index (χ0n) is 7.89. The first-order chi connectivity index (χ1) is 6.77. The molecular formula is C11H13BrFN. The van der Waals surface area contributed by atoms with Crippen molar-refractivity contribution in [2.45, 2.75) is 25.3 Å². The molecule has 0 aromatic heterocycles. The fourth-order valence-electron chi connectivity index (χ4n) is 1.87. The summed E-state index contributed by atoms with van der Waals surface area (Å²) in [5, 5.41) is 3.40. The Morgan fingerprint density at radius 3 is 2.86 bits per heavy atom. The van der Waals surface area contributed by atoms with E-state index in [1.165, 1.54) is 12.8 Å². The van der Waals surface area contributed by atoms with Gasteiger partial charge in [-0.15, -0.1) is 0 Å². The van der Waals surface area contributed by atoms with Crippen LogP contribution in [0.2, 0.25) is 0 Å². The normalized spacial score (nSPS) is 22.3. The van der Waals surface area contributed by atoms with E-state index in [0.717, 1.165) is 18.5 Å². The second kappa shape index (κ2) is 4.41. The summed E-state index contributed by atoms with van der Waals surface area (Å²) in [6.45, 7) is 1.04. The van der Waals surface area contributed by atoms with E-state index in [9.17, 15) is 4.39 Å². The molecule has 2 rings (SSSR count). The Bertz CT molecular complexity index is 321. The highest BCUT2D eigenvalue weighted by atomic mass is 79.9. The summed E-state index contributed by atoms with van der Waals surface area (Å²) in [5.74, 6) is -0.171. The van der Waals surface area contributed by atoms with Crippen molar-refractivity contribution in [2.75, 3.05) is 6.54 Å². The number of nitrogens with one attached hydrogen (secondary N) is 1. The van der Waals surface area contributed by atoms with E-state index in [1.54, 1.807) is 12.1 Å². The third-order valence-corrected chi connectivity index (χ3v) is 3.30. The summed E-state index contributed by atoms with van der Waals surface area (Å²) in [6, 6.07) is 5.72. The van der Waals surface area contributed by atoms with Gasteiger partial charge in [-0.2, -0.15) is 0 Å². The molecule has 1 aromatic rings. The lowest BCUT2D eigenvalue weighted by molar-refractivity contribution is 0.411. The topological polar surface area (TPSA) is 12.0 Å². The predicted octanol–water partition coefficient (Wildman–Crippen LogP) is 3.40. The maximum absolute atomic E-state index is 13.3. The summed E-state index contributed by atoms with van der Waals surface area (Å²) in [7, 11) is 0. The molecule has 1 saturated heterocycles. The third-order valence-electron chi connectivity index (χ3n) is 2.66. The minimum Gasteiger partial charge on any atom is -0.310 e. The van der Waals surface area contributed by atoms with Gasteiger partial charge in [0.25, 0.3) is 0 Å². The molecule has 0 radical (unpaired) electrons. The third kappa shape index (κ3) is 2.15. The van der Waals surface area contributed by atoms with Gasteiger partial charge >= 0.3 is 0 Å². The zero-order valence-corrected chi connectivity index (χ0v) is 9.48. The van der Waals surface area contributed by atoms with Crippen molar-refractivity contribution in [2.24, 2.45) is 0 Å². The highest BCUT2D eigenvalue weighted by Crippen LogP contribution is 2.25. The van der Waals surface area contributed by atoms with Gasteiger partial charge in [0, 0.05) is 6.04 Å². The molecule has 1 aliphatic heterocycles. The van der Waals surface area contributed by atoms with E-state index in [1.807, 2.05) is 6.07 Å². The number of hydrogen-bond donors (Lipinski definition) is 1. The lowest BCUT2D eigenvalue weighted by Crippen LogP contribution is -2.26. The highest BCUT2D eigenvalue weighted by molar-refractivity contribution is 9.10. The van der Waals surface area contributed by atoms with Crippen LogP contribution < -0.4 is 5.32 Å². The van der Waals surface area contributed by atoms with Gasteiger partial charge in [0.15, 0.2) is 0 Å². The molecule has 0 amide bonds. The molecule has 0 unspecified atom stereocenters. The molecular weight excluding hydrogens is 245 g/mol. The van der Waals surface area contributed by atoms with Crippen LogP contribution in [0, 0.1) is 5.82 Å². The molecule has 1 heterocycles. The van der Waals surface area contributed by atoms with Crippen molar-refractivity contribution in [3.8, 4) is 0 Å². The van der Waals surface area contributed by atoms with Crippen LogP contribution in [0.25, 0.3) is 0 Å². The van der Waals surface area contributed by atoms with Crippen molar-refractivity contribution in [1.82, 2.24) is 5.32 Å². The van der Waals surface area contributed by atoms with Crippen LogP contribution in [0.5, 0.6) is 0 Å². The number of rotatable bonds is 1. The fourth-order valence-corrected chi connectivity index (χ4v) is 2.11. The van der Waals surface area contributed by atoms with Crippen LogP contribution in [-0.2, 0) is 0 Å². The molecule has 1 atom stereocenters. The second-order valence-electron chi connectivity index (χ2n) is 3.68. The molecule has 1 aliphatic rings. The maximum Gasteiger partial charge on any atom is 0.137 e.